The van der Waals surface area contributed by atoms with Crippen LogP contribution >= 0.6 is 0 Å². The Kier molecular flexibility index (Phi) is 6.12. The van der Waals surface area contributed by atoms with Crippen LogP contribution in [-0.4, -0.2) is 25.3 Å². The molecule has 160 valence electrons. The largest absolute Gasteiger partial charge is 0.243 e. The van der Waals surface area contributed by atoms with Crippen LogP contribution in [0.15, 0.2) is 95.4 Å². The first kappa shape index (κ1) is 21.5. The molecule has 0 aromatic heterocycles. The van der Waals surface area contributed by atoms with Crippen LogP contribution in [0.5, 0.6) is 0 Å². The van der Waals surface area contributed by atoms with Gasteiger partial charge in [-0.3, -0.25) is 0 Å². The van der Waals surface area contributed by atoms with Crippen molar-refractivity contribution in [3.63, 3.8) is 0 Å². The first-order chi connectivity index (χ1) is 14.9. The Morgan fingerprint density at radius 2 is 1.35 bits per heavy atom. The van der Waals surface area contributed by atoms with Crippen LogP contribution in [0.3, 0.4) is 0 Å². The van der Waals surface area contributed by atoms with E-state index in [0.29, 0.717) is 11.4 Å². The number of hydrogen-bond donors (Lipinski definition) is 0. The van der Waals surface area contributed by atoms with E-state index in [1.54, 1.807) is 16.4 Å². The molecule has 1 aliphatic rings. The molecule has 0 spiro atoms. The van der Waals surface area contributed by atoms with Crippen molar-refractivity contribution in [3.8, 4) is 0 Å². The van der Waals surface area contributed by atoms with Gasteiger partial charge in [0.1, 0.15) is 0 Å². The molecule has 3 nitrogen and oxygen atoms in total. The van der Waals surface area contributed by atoms with Crippen LogP contribution in [0.25, 0.3) is 5.57 Å². The first-order valence-corrected chi connectivity index (χ1v) is 12.3. The Balaban J connectivity index is 1.87. The van der Waals surface area contributed by atoms with Gasteiger partial charge in [0.15, 0.2) is 0 Å². The first-order valence-electron chi connectivity index (χ1n) is 10.8. The highest BCUT2D eigenvalue weighted by atomic mass is 32.2. The molecule has 0 amide bonds. The average Bonchev–Trinajstić information content (AvgIpc) is 3.22. The van der Waals surface area contributed by atoms with E-state index in [2.05, 4.69) is 38.1 Å². The molecule has 1 saturated heterocycles. The summed E-state index contributed by atoms with van der Waals surface area (Å²) in [7, 11) is -3.58. The van der Waals surface area contributed by atoms with E-state index in [1.807, 2.05) is 55.5 Å². The van der Waals surface area contributed by atoms with Gasteiger partial charge in [-0.2, -0.15) is 4.31 Å². The minimum Gasteiger partial charge on any atom is -0.207 e. The number of aryl methyl sites for hydroxylation is 1. The van der Waals surface area contributed by atoms with Crippen molar-refractivity contribution in [1.29, 1.82) is 0 Å². The van der Waals surface area contributed by atoms with Crippen LogP contribution in [-0.2, 0) is 10.0 Å². The minimum absolute atomic E-state index is 0.153. The molecular weight excluding hydrogens is 402 g/mol. The van der Waals surface area contributed by atoms with Crippen LogP contribution in [0.4, 0.5) is 0 Å². The normalized spacial score (nSPS) is 17.3. The van der Waals surface area contributed by atoms with E-state index in [0.717, 1.165) is 28.7 Å². The van der Waals surface area contributed by atoms with Gasteiger partial charge in [-0.1, -0.05) is 92.2 Å². The zero-order valence-electron chi connectivity index (χ0n) is 18.3. The van der Waals surface area contributed by atoms with Gasteiger partial charge in [0, 0.05) is 12.6 Å². The highest BCUT2D eigenvalue weighted by Crippen LogP contribution is 2.40. The van der Waals surface area contributed by atoms with E-state index in [-0.39, 0.29) is 12.0 Å². The van der Waals surface area contributed by atoms with Gasteiger partial charge in [-0.25, -0.2) is 8.42 Å². The summed E-state index contributed by atoms with van der Waals surface area (Å²) in [4.78, 5) is 0.367. The van der Waals surface area contributed by atoms with Gasteiger partial charge in [0.2, 0.25) is 10.0 Å². The molecule has 0 N–H and O–H groups in total. The summed E-state index contributed by atoms with van der Waals surface area (Å²) >= 11 is 0. The van der Waals surface area contributed by atoms with Crippen molar-refractivity contribution in [3.05, 3.63) is 107 Å². The van der Waals surface area contributed by atoms with E-state index >= 15 is 0 Å². The molecule has 4 heteroatoms. The van der Waals surface area contributed by atoms with Gasteiger partial charge < -0.3 is 0 Å². The second-order valence-electron chi connectivity index (χ2n) is 8.50. The van der Waals surface area contributed by atoms with Crippen molar-refractivity contribution in [2.24, 2.45) is 5.92 Å². The summed E-state index contributed by atoms with van der Waals surface area (Å²) < 4.78 is 28.9. The zero-order valence-corrected chi connectivity index (χ0v) is 19.1. The second-order valence-corrected chi connectivity index (χ2v) is 10.4. The maximum Gasteiger partial charge on any atom is 0.243 e. The molecular formula is C27H29NO2S. The van der Waals surface area contributed by atoms with Gasteiger partial charge in [-0.15, -0.1) is 0 Å². The Labute approximate surface area is 186 Å². The second kappa shape index (κ2) is 8.81. The number of nitrogens with zero attached hydrogens (tertiary/aromatic N) is 1. The maximum atomic E-state index is 13.6. The standard InChI is InChI=1S/C27H29NO2S/c1-20(2)27-25(18-19-28(27)31(29,30)24-16-14-21(3)15-17-24)26(22-10-6-4-7-11-22)23-12-8-5-9-13-23/h4-17,20,27H,18-19H2,1-3H3. The monoisotopic (exact) mass is 431 g/mol. The molecule has 0 bridgehead atoms. The third-order valence-electron chi connectivity index (χ3n) is 5.97. The molecule has 31 heavy (non-hydrogen) atoms. The van der Waals surface area contributed by atoms with Crippen molar-refractivity contribution >= 4 is 15.6 Å². The Bertz CT molecular complexity index is 1120. The lowest BCUT2D eigenvalue weighted by Crippen LogP contribution is -2.39. The quantitative estimate of drug-likeness (QED) is 0.503. The number of sulfonamides is 1. The van der Waals surface area contributed by atoms with Crippen molar-refractivity contribution in [1.82, 2.24) is 4.31 Å². The van der Waals surface area contributed by atoms with E-state index in [9.17, 15) is 8.42 Å². The fraction of sp³-hybridized carbons (Fsp3) is 0.259. The fourth-order valence-electron chi connectivity index (χ4n) is 4.56. The molecule has 1 fully saturated rings. The molecule has 1 atom stereocenters. The molecule has 1 heterocycles. The van der Waals surface area contributed by atoms with Crippen molar-refractivity contribution < 1.29 is 8.42 Å². The Hall–Kier alpha value is -2.69. The topological polar surface area (TPSA) is 37.4 Å². The summed E-state index contributed by atoms with van der Waals surface area (Å²) in [5.41, 5.74) is 5.66. The lowest BCUT2D eigenvalue weighted by molar-refractivity contribution is 0.341. The summed E-state index contributed by atoms with van der Waals surface area (Å²) in [6.07, 6.45) is 0.729. The molecule has 3 aromatic carbocycles. The van der Waals surface area contributed by atoms with Gasteiger partial charge >= 0.3 is 0 Å². The molecule has 0 radical (unpaired) electrons. The van der Waals surface area contributed by atoms with Crippen LogP contribution in [0.2, 0.25) is 0 Å². The lowest BCUT2D eigenvalue weighted by Gasteiger charge is -2.29. The molecule has 1 aliphatic heterocycles. The smallest absolute Gasteiger partial charge is 0.207 e. The SMILES string of the molecule is Cc1ccc(S(=O)(=O)N2CCC(=C(c3ccccc3)c3ccccc3)C2C(C)C)cc1. The van der Waals surface area contributed by atoms with Gasteiger partial charge in [-0.05, 0) is 53.7 Å². The van der Waals surface area contributed by atoms with Crippen molar-refractivity contribution in [2.75, 3.05) is 6.54 Å². The van der Waals surface area contributed by atoms with Gasteiger partial charge in [0.05, 0.1) is 4.90 Å². The zero-order chi connectivity index (χ0) is 22.0. The third kappa shape index (κ3) is 4.23. The number of rotatable bonds is 5. The van der Waals surface area contributed by atoms with Crippen LogP contribution in [0.1, 0.15) is 37.0 Å². The third-order valence-corrected chi connectivity index (χ3v) is 7.87. The Morgan fingerprint density at radius 3 is 1.84 bits per heavy atom. The van der Waals surface area contributed by atoms with Gasteiger partial charge in [0.25, 0.3) is 0 Å². The average molecular weight is 432 g/mol. The van der Waals surface area contributed by atoms with E-state index in [4.69, 9.17) is 0 Å². The Morgan fingerprint density at radius 1 is 0.839 bits per heavy atom. The molecule has 4 rings (SSSR count). The number of hydrogen-bond acceptors (Lipinski definition) is 2. The maximum absolute atomic E-state index is 13.6. The fourth-order valence-corrected chi connectivity index (χ4v) is 6.31. The van der Waals surface area contributed by atoms with E-state index in [1.165, 1.54) is 5.57 Å². The van der Waals surface area contributed by atoms with Crippen LogP contribution < -0.4 is 0 Å². The summed E-state index contributed by atoms with van der Waals surface area (Å²) in [6, 6.07) is 27.6. The summed E-state index contributed by atoms with van der Waals surface area (Å²) in [6.45, 7) is 6.69. The highest BCUT2D eigenvalue weighted by Gasteiger charge is 2.41. The summed E-state index contributed by atoms with van der Waals surface area (Å²) in [5.74, 6) is 0.153. The van der Waals surface area contributed by atoms with Crippen molar-refractivity contribution in [2.45, 2.75) is 38.1 Å². The minimum atomic E-state index is -3.58. The number of benzene rings is 3. The molecule has 0 aliphatic carbocycles. The predicted molar refractivity (Wildman–Crippen MR) is 127 cm³/mol. The predicted octanol–water partition coefficient (Wildman–Crippen LogP) is 5.92. The highest BCUT2D eigenvalue weighted by molar-refractivity contribution is 7.89. The summed E-state index contributed by atoms with van der Waals surface area (Å²) in [5, 5.41) is 0. The van der Waals surface area contributed by atoms with Crippen LogP contribution in [0, 0.1) is 12.8 Å². The molecule has 0 saturated carbocycles. The van der Waals surface area contributed by atoms with E-state index < -0.39 is 10.0 Å². The molecule has 3 aromatic rings. The lowest BCUT2D eigenvalue weighted by atomic mass is 9.86. The molecule has 1 unspecified atom stereocenters.